The largest absolute Gasteiger partial charge is 0.322 e. The van der Waals surface area contributed by atoms with Crippen LogP contribution in [0.15, 0.2) is 12.3 Å². The van der Waals surface area contributed by atoms with Gasteiger partial charge in [0.15, 0.2) is 0 Å². The highest BCUT2D eigenvalue weighted by Gasteiger charge is 2.02. The molecule has 0 aromatic heterocycles. The fraction of sp³-hybridized carbons (Fsp3) is 0.667. The summed E-state index contributed by atoms with van der Waals surface area (Å²) in [5.74, 6) is 5.29. The van der Waals surface area contributed by atoms with E-state index in [9.17, 15) is 0 Å². The van der Waals surface area contributed by atoms with Crippen molar-refractivity contribution in [1.82, 2.24) is 5.01 Å². The van der Waals surface area contributed by atoms with Crippen molar-refractivity contribution in [3.8, 4) is 0 Å². The highest BCUT2D eigenvalue weighted by atomic mass is 15.4. The molecule has 0 saturated carbocycles. The summed E-state index contributed by atoms with van der Waals surface area (Å²) >= 11 is 0. The predicted octanol–water partition coefficient (Wildman–Crippen LogP) is 0.0429. The second-order valence-corrected chi connectivity index (χ2v) is 2.80. The number of hydrazine groups is 1. The van der Waals surface area contributed by atoms with Crippen molar-refractivity contribution in [1.29, 1.82) is 0 Å². The van der Waals surface area contributed by atoms with Gasteiger partial charge in [0.05, 0.1) is 0 Å². The molecular weight excluding hydrogens is 114 g/mol. The van der Waals surface area contributed by atoms with E-state index in [0.29, 0.717) is 0 Å². The first-order valence-electron chi connectivity index (χ1n) is 2.87. The van der Waals surface area contributed by atoms with Crippen molar-refractivity contribution in [3.05, 3.63) is 12.3 Å². The number of hydrogen-bond donors (Lipinski definition) is 2. The minimum Gasteiger partial charge on any atom is -0.322 e. The zero-order chi connectivity index (χ0) is 7.49. The first-order valence-corrected chi connectivity index (χ1v) is 2.87. The van der Waals surface area contributed by atoms with Crippen LogP contribution in [0.3, 0.4) is 0 Å². The van der Waals surface area contributed by atoms with Crippen LogP contribution in [0.1, 0.15) is 13.8 Å². The molecular formula is C6H15N3. The van der Waals surface area contributed by atoms with Crippen molar-refractivity contribution < 1.29 is 0 Å². The third-order valence-corrected chi connectivity index (χ3v) is 0.739. The van der Waals surface area contributed by atoms with Crippen LogP contribution in [0.4, 0.5) is 0 Å². The number of nitrogens with zero attached hydrogens (tertiary/aromatic N) is 1. The van der Waals surface area contributed by atoms with Gasteiger partial charge in [0.25, 0.3) is 0 Å². The molecule has 0 aliphatic rings. The third-order valence-electron chi connectivity index (χ3n) is 0.739. The van der Waals surface area contributed by atoms with Gasteiger partial charge in [-0.2, -0.15) is 0 Å². The smallest absolute Gasteiger partial charge is 0.0299 e. The van der Waals surface area contributed by atoms with Crippen LogP contribution >= 0.6 is 0 Å². The van der Waals surface area contributed by atoms with E-state index < -0.39 is 0 Å². The zero-order valence-electron chi connectivity index (χ0n) is 6.26. The van der Waals surface area contributed by atoms with Gasteiger partial charge in [0.2, 0.25) is 0 Å². The van der Waals surface area contributed by atoms with Gasteiger partial charge in [-0.3, -0.25) is 0 Å². The molecule has 3 heteroatoms. The van der Waals surface area contributed by atoms with E-state index in [2.05, 4.69) is 0 Å². The third kappa shape index (κ3) is 7.46. The Balaban J connectivity index is 3.71. The van der Waals surface area contributed by atoms with E-state index in [-0.39, 0.29) is 5.54 Å². The summed E-state index contributed by atoms with van der Waals surface area (Å²) in [4.78, 5) is 0. The lowest BCUT2D eigenvalue weighted by Crippen LogP contribution is -2.30. The van der Waals surface area contributed by atoms with Gasteiger partial charge in [-0.25, -0.2) is 5.84 Å². The average molecular weight is 129 g/mol. The van der Waals surface area contributed by atoms with Crippen LogP contribution < -0.4 is 11.6 Å². The zero-order valence-corrected chi connectivity index (χ0v) is 6.26. The Hall–Kier alpha value is -0.540. The Bertz CT molecular complexity index is 99.4. The van der Waals surface area contributed by atoms with Crippen molar-refractivity contribution in [2.45, 2.75) is 19.4 Å². The number of hydrogen-bond acceptors (Lipinski definition) is 3. The standard InChI is InChI=1S/C6H15N3/c1-6(2,7)4-5-9(3)8/h4-5H,7-8H2,1-3H3/b5-4-. The van der Waals surface area contributed by atoms with Crippen LogP contribution in [0.5, 0.6) is 0 Å². The Labute approximate surface area is 56.3 Å². The molecule has 0 saturated heterocycles. The molecule has 4 N–H and O–H groups in total. The predicted molar refractivity (Wildman–Crippen MR) is 39.4 cm³/mol. The van der Waals surface area contributed by atoms with Crippen LogP contribution in [-0.2, 0) is 0 Å². The molecule has 0 aromatic rings. The summed E-state index contributed by atoms with van der Waals surface area (Å²) in [5.41, 5.74) is 5.34. The van der Waals surface area contributed by atoms with Crippen LogP contribution in [0.25, 0.3) is 0 Å². The summed E-state index contributed by atoms with van der Waals surface area (Å²) in [6.45, 7) is 3.82. The molecule has 0 bridgehead atoms. The molecule has 0 radical (unpaired) electrons. The fourth-order valence-corrected chi connectivity index (χ4v) is 0.310. The van der Waals surface area contributed by atoms with Crippen LogP contribution in [0, 0.1) is 0 Å². The Morgan fingerprint density at radius 2 is 1.89 bits per heavy atom. The molecule has 0 spiro atoms. The maximum atomic E-state index is 5.61. The maximum Gasteiger partial charge on any atom is 0.0299 e. The second kappa shape index (κ2) is 2.85. The van der Waals surface area contributed by atoms with Gasteiger partial charge in [-0.05, 0) is 19.9 Å². The second-order valence-electron chi connectivity index (χ2n) is 2.80. The lowest BCUT2D eigenvalue weighted by Gasteiger charge is -2.13. The summed E-state index contributed by atoms with van der Waals surface area (Å²) in [5, 5.41) is 1.47. The topological polar surface area (TPSA) is 55.3 Å². The normalized spacial score (nSPS) is 12.6. The van der Waals surface area contributed by atoms with Gasteiger partial charge < -0.3 is 10.7 Å². The van der Waals surface area contributed by atoms with E-state index in [1.165, 1.54) is 5.01 Å². The number of nitrogens with two attached hydrogens (primary N) is 2. The van der Waals surface area contributed by atoms with Gasteiger partial charge in [0, 0.05) is 18.8 Å². The first kappa shape index (κ1) is 8.46. The summed E-state index contributed by atoms with van der Waals surface area (Å²) in [7, 11) is 1.75. The van der Waals surface area contributed by atoms with Gasteiger partial charge >= 0.3 is 0 Å². The minimum absolute atomic E-state index is 0.270. The van der Waals surface area contributed by atoms with E-state index in [4.69, 9.17) is 11.6 Å². The summed E-state index contributed by atoms with van der Waals surface area (Å²) < 4.78 is 0. The molecule has 0 aliphatic heterocycles. The highest BCUT2D eigenvalue weighted by molar-refractivity contribution is 4.96. The Kier molecular flexibility index (Phi) is 2.67. The molecule has 54 valence electrons. The van der Waals surface area contributed by atoms with Crippen LogP contribution in [-0.4, -0.2) is 17.6 Å². The van der Waals surface area contributed by atoms with Crippen molar-refractivity contribution in [3.63, 3.8) is 0 Å². The van der Waals surface area contributed by atoms with Crippen molar-refractivity contribution >= 4 is 0 Å². The van der Waals surface area contributed by atoms with E-state index >= 15 is 0 Å². The molecule has 0 atom stereocenters. The lowest BCUT2D eigenvalue weighted by molar-refractivity contribution is 0.475. The van der Waals surface area contributed by atoms with Crippen LogP contribution in [0.2, 0.25) is 0 Å². The van der Waals surface area contributed by atoms with Gasteiger partial charge in [-0.15, -0.1) is 0 Å². The summed E-state index contributed by atoms with van der Waals surface area (Å²) in [6, 6.07) is 0. The minimum atomic E-state index is -0.270. The van der Waals surface area contributed by atoms with Gasteiger partial charge in [0.1, 0.15) is 0 Å². The molecule has 0 fully saturated rings. The molecule has 3 nitrogen and oxygen atoms in total. The molecule has 0 rings (SSSR count). The van der Waals surface area contributed by atoms with E-state index in [1.807, 2.05) is 19.9 Å². The van der Waals surface area contributed by atoms with E-state index in [0.717, 1.165) is 0 Å². The maximum absolute atomic E-state index is 5.61. The SMILES string of the molecule is CN(N)/C=C\C(C)(C)N. The van der Waals surface area contributed by atoms with E-state index in [1.54, 1.807) is 13.2 Å². The van der Waals surface area contributed by atoms with Crippen molar-refractivity contribution in [2.24, 2.45) is 11.6 Å². The Morgan fingerprint density at radius 3 is 2.00 bits per heavy atom. The molecule has 0 heterocycles. The number of rotatable bonds is 2. The molecule has 9 heavy (non-hydrogen) atoms. The monoisotopic (exact) mass is 129 g/mol. The quantitative estimate of drug-likeness (QED) is 0.409. The molecule has 0 amide bonds. The van der Waals surface area contributed by atoms with Gasteiger partial charge in [-0.1, -0.05) is 0 Å². The molecule has 0 aromatic carbocycles. The average Bonchev–Trinajstić information content (AvgIpc) is 1.59. The van der Waals surface area contributed by atoms with Crippen molar-refractivity contribution in [2.75, 3.05) is 7.05 Å². The fourth-order valence-electron chi connectivity index (χ4n) is 0.310. The summed E-state index contributed by atoms with van der Waals surface area (Å²) in [6.07, 6.45) is 3.58. The first-order chi connectivity index (χ1) is 3.92. The lowest BCUT2D eigenvalue weighted by atomic mass is 10.1. The highest BCUT2D eigenvalue weighted by Crippen LogP contribution is 1.97. The molecule has 0 unspecified atom stereocenters. The molecule has 0 aliphatic carbocycles. The Morgan fingerprint density at radius 1 is 1.44 bits per heavy atom.